The minimum Gasteiger partial charge on any atom is -0.463 e. The Labute approximate surface area is 135 Å². The van der Waals surface area contributed by atoms with E-state index in [-0.39, 0.29) is 11.4 Å². The maximum atomic E-state index is 11.7. The first-order valence-electron chi connectivity index (χ1n) is 8.58. The van der Waals surface area contributed by atoms with Gasteiger partial charge in [-0.1, -0.05) is 51.2 Å². The monoisotopic (exact) mass is 308 g/mol. The van der Waals surface area contributed by atoms with Gasteiger partial charge in [0.1, 0.15) is 0 Å². The second-order valence-corrected chi connectivity index (χ2v) is 6.81. The number of carbonyl (C=O) groups excluding carboxylic acids is 1. The highest BCUT2D eigenvalue weighted by Crippen LogP contribution is 2.44. The maximum Gasteiger partial charge on any atom is 0.330 e. The van der Waals surface area contributed by atoms with Crippen LogP contribution in [0.15, 0.2) is 22.8 Å². The van der Waals surface area contributed by atoms with Gasteiger partial charge in [0.25, 0.3) is 0 Å². The van der Waals surface area contributed by atoms with E-state index >= 15 is 0 Å². The molecule has 1 aliphatic rings. The van der Waals surface area contributed by atoms with E-state index in [2.05, 4.69) is 27.7 Å². The number of esters is 1. The Morgan fingerprint density at radius 3 is 2.59 bits per heavy atom. The summed E-state index contributed by atoms with van der Waals surface area (Å²) >= 11 is 0. The molecule has 3 heteroatoms. The normalized spacial score (nSPS) is 23.0. The van der Waals surface area contributed by atoms with E-state index in [0.717, 1.165) is 12.0 Å². The van der Waals surface area contributed by atoms with Gasteiger partial charge in [0.05, 0.1) is 12.7 Å². The van der Waals surface area contributed by atoms with Gasteiger partial charge in [-0.3, -0.25) is 0 Å². The van der Waals surface area contributed by atoms with Crippen LogP contribution in [0.4, 0.5) is 0 Å². The van der Waals surface area contributed by atoms with Gasteiger partial charge in [0.2, 0.25) is 0 Å². The summed E-state index contributed by atoms with van der Waals surface area (Å²) in [5, 5.41) is 10.6. The molecule has 1 unspecified atom stereocenters. The van der Waals surface area contributed by atoms with E-state index in [1.807, 2.05) is 0 Å². The van der Waals surface area contributed by atoms with Gasteiger partial charge < -0.3 is 9.84 Å². The fraction of sp³-hybridized carbons (Fsp3) is 0.737. The van der Waals surface area contributed by atoms with Crippen molar-refractivity contribution in [2.75, 3.05) is 6.61 Å². The number of hydrogen-bond acceptors (Lipinski definition) is 3. The van der Waals surface area contributed by atoms with Crippen LogP contribution < -0.4 is 0 Å². The van der Waals surface area contributed by atoms with Gasteiger partial charge in [0.15, 0.2) is 0 Å². The Bertz CT molecular complexity index is 444. The van der Waals surface area contributed by atoms with Crippen LogP contribution in [-0.4, -0.2) is 23.8 Å². The SMILES string of the molecule is CCCCCCC1=C(C)C(C)(C)C(O)/C(=C\C(=O)OCC)C1. The maximum absolute atomic E-state index is 11.7. The standard InChI is InChI=1S/C19H32O3/c1-6-8-9-10-11-15-12-16(13-17(20)22-7-2)18(21)19(4,5)14(15)3/h13,18,21H,6-12H2,1-5H3/b16-13-. The zero-order valence-corrected chi connectivity index (χ0v) is 14.9. The Morgan fingerprint density at radius 1 is 1.32 bits per heavy atom. The van der Waals surface area contributed by atoms with Crippen molar-refractivity contribution in [3.05, 3.63) is 22.8 Å². The average Bonchev–Trinajstić information content (AvgIpc) is 2.46. The number of allylic oxidation sites excluding steroid dienone is 1. The summed E-state index contributed by atoms with van der Waals surface area (Å²) in [6, 6.07) is 0. The molecule has 0 saturated carbocycles. The van der Waals surface area contributed by atoms with Gasteiger partial charge in [-0.25, -0.2) is 4.79 Å². The first kappa shape index (κ1) is 19.0. The molecule has 1 N–H and O–H groups in total. The zero-order chi connectivity index (χ0) is 16.8. The summed E-state index contributed by atoms with van der Waals surface area (Å²) in [7, 11) is 0. The fourth-order valence-electron chi connectivity index (χ4n) is 3.11. The third-order valence-electron chi connectivity index (χ3n) is 4.87. The number of carbonyl (C=O) groups is 1. The topological polar surface area (TPSA) is 46.5 Å². The van der Waals surface area contributed by atoms with Crippen molar-refractivity contribution in [1.82, 2.24) is 0 Å². The molecular formula is C19H32O3. The van der Waals surface area contributed by atoms with E-state index < -0.39 is 6.10 Å². The second-order valence-electron chi connectivity index (χ2n) is 6.81. The Kier molecular flexibility index (Phi) is 7.34. The van der Waals surface area contributed by atoms with Gasteiger partial charge in [-0.05, 0) is 38.7 Å². The summed E-state index contributed by atoms with van der Waals surface area (Å²) in [5.41, 5.74) is 3.12. The number of hydrogen-bond donors (Lipinski definition) is 1. The van der Waals surface area contributed by atoms with Gasteiger partial charge in [0, 0.05) is 11.5 Å². The average molecular weight is 308 g/mol. The number of unbranched alkanes of at least 4 members (excludes halogenated alkanes) is 3. The van der Waals surface area contributed by atoms with Crippen LogP contribution >= 0.6 is 0 Å². The minimum atomic E-state index is -0.615. The van der Waals surface area contributed by atoms with Crippen molar-refractivity contribution in [3.8, 4) is 0 Å². The summed E-state index contributed by atoms with van der Waals surface area (Å²) in [6.45, 7) is 10.6. The van der Waals surface area contributed by atoms with Crippen LogP contribution in [0.1, 0.15) is 73.1 Å². The highest BCUT2D eigenvalue weighted by atomic mass is 16.5. The molecule has 0 aliphatic heterocycles. The van der Waals surface area contributed by atoms with Crippen molar-refractivity contribution < 1.29 is 14.6 Å². The van der Waals surface area contributed by atoms with Crippen LogP contribution in [0.25, 0.3) is 0 Å². The van der Waals surface area contributed by atoms with Crippen LogP contribution in [0.2, 0.25) is 0 Å². The molecule has 0 bridgehead atoms. The van der Waals surface area contributed by atoms with Gasteiger partial charge in [-0.2, -0.15) is 0 Å². The molecule has 0 saturated heterocycles. The quantitative estimate of drug-likeness (QED) is 0.325. The molecular weight excluding hydrogens is 276 g/mol. The Balaban J connectivity index is 2.91. The minimum absolute atomic E-state index is 0.323. The molecule has 1 rings (SSSR count). The molecule has 22 heavy (non-hydrogen) atoms. The lowest BCUT2D eigenvalue weighted by Crippen LogP contribution is -2.36. The number of rotatable bonds is 7. The Morgan fingerprint density at radius 2 is 2.00 bits per heavy atom. The van der Waals surface area contributed by atoms with E-state index in [1.54, 1.807) is 6.92 Å². The smallest absolute Gasteiger partial charge is 0.330 e. The first-order chi connectivity index (χ1) is 10.3. The van der Waals surface area contributed by atoms with E-state index in [0.29, 0.717) is 13.0 Å². The molecule has 0 amide bonds. The summed E-state index contributed by atoms with van der Waals surface area (Å²) in [6.07, 6.45) is 7.56. The molecule has 1 aliphatic carbocycles. The molecule has 0 aromatic carbocycles. The molecule has 0 aromatic rings. The van der Waals surface area contributed by atoms with Crippen LogP contribution in [-0.2, 0) is 9.53 Å². The molecule has 0 spiro atoms. The molecule has 0 fully saturated rings. The Hall–Kier alpha value is -1.09. The lowest BCUT2D eigenvalue weighted by molar-refractivity contribution is -0.137. The van der Waals surface area contributed by atoms with Crippen molar-refractivity contribution in [1.29, 1.82) is 0 Å². The number of ether oxygens (including phenoxy) is 1. The zero-order valence-electron chi connectivity index (χ0n) is 14.9. The molecule has 1 atom stereocenters. The molecule has 0 aromatic heterocycles. The molecule has 126 valence electrons. The van der Waals surface area contributed by atoms with E-state index in [4.69, 9.17) is 4.74 Å². The van der Waals surface area contributed by atoms with Crippen molar-refractivity contribution in [3.63, 3.8) is 0 Å². The van der Waals surface area contributed by atoms with E-state index in [1.165, 1.54) is 42.9 Å². The summed E-state index contributed by atoms with van der Waals surface area (Å²) < 4.78 is 4.99. The largest absolute Gasteiger partial charge is 0.463 e. The third-order valence-corrected chi connectivity index (χ3v) is 4.87. The number of aliphatic hydroxyl groups is 1. The van der Waals surface area contributed by atoms with Crippen molar-refractivity contribution in [2.45, 2.75) is 79.2 Å². The highest BCUT2D eigenvalue weighted by Gasteiger charge is 2.38. The lowest BCUT2D eigenvalue weighted by atomic mass is 9.68. The van der Waals surface area contributed by atoms with Crippen LogP contribution in [0, 0.1) is 5.41 Å². The van der Waals surface area contributed by atoms with E-state index in [9.17, 15) is 9.90 Å². The summed E-state index contributed by atoms with van der Waals surface area (Å²) in [5.74, 6) is -0.350. The van der Waals surface area contributed by atoms with Crippen LogP contribution in [0.3, 0.4) is 0 Å². The van der Waals surface area contributed by atoms with Crippen molar-refractivity contribution >= 4 is 5.97 Å². The lowest BCUT2D eigenvalue weighted by Gasteiger charge is -2.40. The second kappa shape index (κ2) is 8.52. The fourth-order valence-corrected chi connectivity index (χ4v) is 3.11. The summed E-state index contributed by atoms with van der Waals surface area (Å²) in [4.78, 5) is 11.7. The first-order valence-corrected chi connectivity index (χ1v) is 8.58. The predicted molar refractivity (Wildman–Crippen MR) is 90.6 cm³/mol. The van der Waals surface area contributed by atoms with Gasteiger partial charge >= 0.3 is 5.97 Å². The predicted octanol–water partition coefficient (Wildman–Crippen LogP) is 4.55. The molecule has 3 nitrogen and oxygen atoms in total. The number of aliphatic hydroxyl groups excluding tert-OH is 1. The van der Waals surface area contributed by atoms with Crippen molar-refractivity contribution in [2.24, 2.45) is 5.41 Å². The van der Waals surface area contributed by atoms with Gasteiger partial charge in [-0.15, -0.1) is 0 Å². The third kappa shape index (κ3) is 4.70. The molecule has 0 heterocycles. The van der Waals surface area contributed by atoms with Crippen LogP contribution in [0.5, 0.6) is 0 Å². The molecule has 0 radical (unpaired) electrons. The highest BCUT2D eigenvalue weighted by molar-refractivity contribution is 5.83.